The number of nitrogens with zero attached hydrogens (tertiary/aromatic N) is 3. The number of likely N-dealkylation sites (tertiary alicyclic amines) is 1. The Morgan fingerprint density at radius 1 is 1.13 bits per heavy atom. The lowest BCUT2D eigenvalue weighted by molar-refractivity contribution is -0.384. The Kier molecular flexibility index (Phi) is 8.07. The molecule has 10 nitrogen and oxygen atoms in total. The number of benzene rings is 3. The van der Waals surface area contributed by atoms with Gasteiger partial charge in [0, 0.05) is 47.4 Å². The number of fused-ring (bicyclic) bond motifs is 3. The number of nitro benzene ring substituents is 1. The molecule has 2 amide bonds. The van der Waals surface area contributed by atoms with Crippen molar-refractivity contribution in [2.75, 3.05) is 30.4 Å². The van der Waals surface area contributed by atoms with E-state index in [-0.39, 0.29) is 35.8 Å². The van der Waals surface area contributed by atoms with E-state index < -0.39 is 57.6 Å². The second-order valence-electron chi connectivity index (χ2n) is 12.0. The van der Waals surface area contributed by atoms with Crippen LogP contribution >= 0.6 is 23.2 Å². The zero-order valence-electron chi connectivity index (χ0n) is 24.0. The first-order valence-electron chi connectivity index (χ1n) is 14.6. The van der Waals surface area contributed by atoms with Gasteiger partial charge >= 0.3 is 5.97 Å². The van der Waals surface area contributed by atoms with Crippen LogP contribution in [0.15, 0.2) is 54.6 Å². The molecule has 3 aliphatic heterocycles. The second kappa shape index (κ2) is 11.6. The smallest absolute Gasteiger partial charge is 0.338 e. The predicted octanol–water partition coefficient (Wildman–Crippen LogP) is 6.54. The summed E-state index contributed by atoms with van der Waals surface area (Å²) in [7, 11) is 1.17. The molecule has 3 aromatic rings. The van der Waals surface area contributed by atoms with E-state index in [1.54, 1.807) is 30.3 Å². The van der Waals surface area contributed by atoms with E-state index in [2.05, 4.69) is 10.2 Å². The highest BCUT2D eigenvalue weighted by Crippen LogP contribution is 2.62. The molecule has 1 N–H and O–H groups in total. The number of carbonyl (C=O) groups is 3. The Morgan fingerprint density at radius 2 is 1.89 bits per heavy atom. The Bertz CT molecular complexity index is 1800. The lowest BCUT2D eigenvalue weighted by atomic mass is 9.70. The molecule has 240 valence electrons. The molecule has 0 bridgehead atoms. The van der Waals surface area contributed by atoms with E-state index in [1.165, 1.54) is 30.2 Å². The van der Waals surface area contributed by atoms with E-state index in [1.807, 2.05) is 0 Å². The van der Waals surface area contributed by atoms with Gasteiger partial charge in [-0.05, 0) is 61.1 Å². The summed E-state index contributed by atoms with van der Waals surface area (Å²) < 4.78 is 20.9. The van der Waals surface area contributed by atoms with E-state index in [9.17, 15) is 24.5 Å². The van der Waals surface area contributed by atoms with Crippen LogP contribution in [0.1, 0.15) is 54.1 Å². The summed E-state index contributed by atoms with van der Waals surface area (Å²) in [5.41, 5.74) is -0.783. The van der Waals surface area contributed by atoms with E-state index in [0.29, 0.717) is 35.2 Å². The zero-order chi connectivity index (χ0) is 31.8. The summed E-state index contributed by atoms with van der Waals surface area (Å²) in [5, 5.41) is 15.4. The summed E-state index contributed by atoms with van der Waals surface area (Å²) in [6.07, 6.45) is 2.29. The average molecular weight is 670 g/mol. The fraction of sp³-hybridized carbons (Fsp3) is 0.364. The number of piperidine rings is 1. The number of hydrogen-bond donors (Lipinski definition) is 1. The molecule has 2 saturated heterocycles. The number of ether oxygens (including phenoxy) is 1. The van der Waals surface area contributed by atoms with Crippen LogP contribution < -0.4 is 10.2 Å². The lowest BCUT2D eigenvalue weighted by Crippen LogP contribution is -2.54. The van der Waals surface area contributed by atoms with Gasteiger partial charge < -0.3 is 15.0 Å². The van der Waals surface area contributed by atoms with Gasteiger partial charge in [0.15, 0.2) is 0 Å². The number of rotatable bonds is 6. The quantitative estimate of drug-likeness (QED) is 0.180. The van der Waals surface area contributed by atoms with Crippen molar-refractivity contribution in [2.45, 2.75) is 44.2 Å². The summed E-state index contributed by atoms with van der Waals surface area (Å²) in [4.78, 5) is 56.3. The van der Waals surface area contributed by atoms with Crippen molar-refractivity contribution in [3.63, 3.8) is 0 Å². The maximum absolute atomic E-state index is 16.1. The normalized spacial score (nSPS) is 25.1. The minimum atomic E-state index is -1.48. The minimum Gasteiger partial charge on any atom is -0.465 e. The van der Waals surface area contributed by atoms with Crippen molar-refractivity contribution in [1.29, 1.82) is 0 Å². The van der Waals surface area contributed by atoms with Crippen LogP contribution in [-0.4, -0.2) is 53.8 Å². The molecule has 4 aliphatic rings. The van der Waals surface area contributed by atoms with Gasteiger partial charge in [-0.15, -0.1) is 0 Å². The number of amides is 2. The summed E-state index contributed by atoms with van der Waals surface area (Å²) in [5.74, 6) is -4.09. The molecule has 3 heterocycles. The van der Waals surface area contributed by atoms with Crippen molar-refractivity contribution >= 4 is 58.0 Å². The van der Waals surface area contributed by atoms with Gasteiger partial charge in [-0.25, -0.2) is 9.18 Å². The Balaban J connectivity index is 0.00000372. The molecule has 3 fully saturated rings. The topological polar surface area (TPSA) is 122 Å². The molecular weight excluding hydrogens is 638 g/mol. The van der Waals surface area contributed by atoms with Crippen LogP contribution in [0.2, 0.25) is 10.0 Å². The maximum Gasteiger partial charge on any atom is 0.338 e. The van der Waals surface area contributed by atoms with Crippen molar-refractivity contribution < 1.29 is 28.4 Å². The Hall–Kier alpha value is -4.06. The van der Waals surface area contributed by atoms with Crippen LogP contribution in [0.25, 0.3) is 0 Å². The maximum atomic E-state index is 16.1. The molecule has 0 unspecified atom stereocenters. The van der Waals surface area contributed by atoms with Crippen LogP contribution in [0.3, 0.4) is 0 Å². The largest absolute Gasteiger partial charge is 0.465 e. The van der Waals surface area contributed by atoms with Crippen molar-refractivity contribution in [2.24, 2.45) is 11.8 Å². The van der Waals surface area contributed by atoms with Gasteiger partial charge in [-0.1, -0.05) is 48.8 Å². The third-order valence-corrected chi connectivity index (χ3v) is 10.1. The minimum absolute atomic E-state index is 0. The van der Waals surface area contributed by atoms with Gasteiger partial charge in [0.1, 0.15) is 17.0 Å². The van der Waals surface area contributed by atoms with Gasteiger partial charge in [0.2, 0.25) is 11.8 Å². The number of nitrogens with one attached hydrogen (secondary N) is 1. The van der Waals surface area contributed by atoms with Gasteiger partial charge in [0.05, 0.1) is 28.5 Å². The highest BCUT2D eigenvalue weighted by atomic mass is 35.5. The highest BCUT2D eigenvalue weighted by Gasteiger charge is 2.70. The van der Waals surface area contributed by atoms with Crippen LogP contribution in [-0.2, 0) is 19.9 Å². The SMILES string of the molecule is C.COC(=O)c1ccc(N2CC[C@@H]3[C@H](C2=O)[C@@H](c2cccc(Cl)c2F)[C@@]2(C(=O)Nc4cc(Cl)ccc42)N3CC2CC2)c([N+](=O)[O-])c1. The van der Waals surface area contributed by atoms with Crippen molar-refractivity contribution in [3.8, 4) is 0 Å². The number of nitro groups is 1. The van der Waals surface area contributed by atoms with Crippen LogP contribution in [0.5, 0.6) is 0 Å². The Labute approximate surface area is 274 Å². The molecule has 1 spiro atoms. The summed E-state index contributed by atoms with van der Waals surface area (Å²) >= 11 is 12.6. The Morgan fingerprint density at radius 3 is 2.59 bits per heavy atom. The molecular formula is C33H31Cl2FN4O6. The van der Waals surface area contributed by atoms with E-state index >= 15 is 4.39 Å². The monoisotopic (exact) mass is 668 g/mol. The number of esters is 1. The number of hydrogen-bond acceptors (Lipinski definition) is 7. The predicted molar refractivity (Wildman–Crippen MR) is 171 cm³/mol. The van der Waals surface area contributed by atoms with Crippen molar-refractivity contribution in [1.82, 2.24) is 4.90 Å². The average Bonchev–Trinajstić information content (AvgIpc) is 3.74. The molecule has 4 atom stereocenters. The van der Waals surface area contributed by atoms with Crippen molar-refractivity contribution in [3.05, 3.63) is 97.3 Å². The van der Waals surface area contributed by atoms with Gasteiger partial charge in [-0.2, -0.15) is 0 Å². The van der Waals surface area contributed by atoms with Gasteiger partial charge in [0.25, 0.3) is 5.69 Å². The number of carbonyl (C=O) groups excluding carboxylic acids is 3. The molecule has 1 saturated carbocycles. The summed E-state index contributed by atoms with van der Waals surface area (Å²) in [6.45, 7) is 0.617. The molecule has 46 heavy (non-hydrogen) atoms. The summed E-state index contributed by atoms with van der Waals surface area (Å²) in [6, 6.07) is 12.9. The number of halogens is 3. The lowest BCUT2D eigenvalue weighted by Gasteiger charge is -2.40. The first kappa shape index (κ1) is 31.9. The zero-order valence-corrected chi connectivity index (χ0v) is 25.5. The van der Waals surface area contributed by atoms with Crippen LogP contribution in [0, 0.1) is 27.8 Å². The van der Waals surface area contributed by atoms with Gasteiger partial charge in [-0.3, -0.25) is 24.6 Å². The number of anilines is 2. The standard InChI is InChI=1S/C32H27Cl2FN4O6.CH4/c1-45-30(41)17-7-10-23(25(13-17)39(43)44)37-12-11-24-26(29(37)40)27(19-3-2-4-21(34)28(19)35)32(38(24)15-16-5-6-16)20-9-8-18(33)14-22(20)36-31(32)42;/h2-4,7-10,13-14,16,24,26-27H,5-6,11-12,15H2,1H3,(H,36,42);1H4/t24-,26+,27-,32+;/m1./s1. The fourth-order valence-electron chi connectivity index (χ4n) is 7.62. The first-order chi connectivity index (χ1) is 21.6. The fourth-order valence-corrected chi connectivity index (χ4v) is 7.97. The van der Waals surface area contributed by atoms with E-state index in [0.717, 1.165) is 18.9 Å². The highest BCUT2D eigenvalue weighted by molar-refractivity contribution is 6.31. The molecule has 13 heteroatoms. The molecule has 0 radical (unpaired) electrons. The first-order valence-corrected chi connectivity index (χ1v) is 15.3. The van der Waals surface area contributed by atoms with Crippen LogP contribution in [0.4, 0.5) is 21.5 Å². The molecule has 3 aromatic carbocycles. The molecule has 7 rings (SSSR count). The molecule has 0 aromatic heterocycles. The molecule has 1 aliphatic carbocycles. The third kappa shape index (κ3) is 4.66. The van der Waals surface area contributed by atoms with E-state index in [4.69, 9.17) is 27.9 Å². The number of methoxy groups -OCH3 is 1. The third-order valence-electron chi connectivity index (χ3n) is 9.62. The second-order valence-corrected chi connectivity index (χ2v) is 12.8.